The quantitative estimate of drug-likeness (QED) is 0.616. The fourth-order valence-electron chi connectivity index (χ4n) is 1.87. The summed E-state index contributed by atoms with van der Waals surface area (Å²) in [4.78, 5) is 11.9. The number of hydrogen-bond donors (Lipinski definition) is 1. The summed E-state index contributed by atoms with van der Waals surface area (Å²) >= 11 is 0. The maximum absolute atomic E-state index is 11.9. The topological polar surface area (TPSA) is 55.6 Å². The van der Waals surface area contributed by atoms with Crippen LogP contribution in [0.2, 0.25) is 0 Å². The molecule has 0 bridgehead atoms. The molecule has 1 unspecified atom stereocenters. The number of anilines is 1. The average Bonchev–Trinajstić information content (AvgIpc) is 2.32. The van der Waals surface area contributed by atoms with Gasteiger partial charge in [0.2, 0.25) is 0 Å². The molecular weight excluding hydrogens is 204 g/mol. The summed E-state index contributed by atoms with van der Waals surface area (Å²) in [5, 5.41) is 1.19. The van der Waals surface area contributed by atoms with Crippen molar-refractivity contribution in [3.8, 4) is 0 Å². The number of nitrogens with two attached hydrogens (primary N) is 1. The van der Waals surface area contributed by atoms with Gasteiger partial charge in [0.1, 0.15) is 6.10 Å². The zero-order valence-corrected chi connectivity index (χ0v) is 9.35. The summed E-state index contributed by atoms with van der Waals surface area (Å²) < 4.78 is 5.50. The predicted molar refractivity (Wildman–Crippen MR) is 61.9 cm³/mol. The Bertz CT molecular complexity index is 392. The summed E-state index contributed by atoms with van der Waals surface area (Å²) in [6, 6.07) is 7.64. The number of fused-ring (bicyclic) bond motifs is 1. The summed E-state index contributed by atoms with van der Waals surface area (Å²) in [5.74, 6) is 5.60. The normalized spacial score (nSPS) is 19.8. The second-order valence-electron chi connectivity index (χ2n) is 3.90. The van der Waals surface area contributed by atoms with E-state index in [2.05, 4.69) is 0 Å². The number of carbonyl (C=O) groups excluding carboxylic acids is 1. The van der Waals surface area contributed by atoms with E-state index in [0.29, 0.717) is 13.0 Å². The Morgan fingerprint density at radius 2 is 2.25 bits per heavy atom. The van der Waals surface area contributed by atoms with Crippen molar-refractivity contribution in [1.82, 2.24) is 0 Å². The highest BCUT2D eigenvalue weighted by Gasteiger charge is 2.31. The van der Waals surface area contributed by atoms with Crippen molar-refractivity contribution >= 4 is 11.6 Å². The molecule has 1 aromatic carbocycles. The standard InChI is InChI=1S/C12H16N2O2/c1-2-7-16-11-8-9-5-3-4-6-10(9)14(13)12(11)15/h3-6,11H,2,7-8,13H2,1H3. The molecular formula is C12H16N2O2. The number of amides is 1. The van der Waals surface area contributed by atoms with Crippen LogP contribution in [0.5, 0.6) is 0 Å². The average molecular weight is 220 g/mol. The van der Waals surface area contributed by atoms with Crippen LogP contribution in [0, 0.1) is 0 Å². The van der Waals surface area contributed by atoms with E-state index in [1.54, 1.807) is 0 Å². The number of hydrazine groups is 1. The molecule has 0 spiro atoms. The van der Waals surface area contributed by atoms with E-state index in [1.807, 2.05) is 31.2 Å². The summed E-state index contributed by atoms with van der Waals surface area (Å²) in [6.07, 6.45) is 1.08. The van der Waals surface area contributed by atoms with Crippen molar-refractivity contribution in [3.63, 3.8) is 0 Å². The van der Waals surface area contributed by atoms with Crippen LogP contribution in [-0.2, 0) is 16.0 Å². The molecule has 1 amide bonds. The molecule has 86 valence electrons. The number of carbonyl (C=O) groups is 1. The van der Waals surface area contributed by atoms with Gasteiger partial charge in [-0.05, 0) is 18.1 Å². The van der Waals surface area contributed by atoms with Gasteiger partial charge in [-0.2, -0.15) is 0 Å². The molecule has 1 aromatic rings. The summed E-state index contributed by atoms with van der Waals surface area (Å²) in [6.45, 7) is 2.61. The molecule has 1 heterocycles. The molecule has 0 fully saturated rings. The minimum atomic E-state index is -0.431. The van der Waals surface area contributed by atoms with Gasteiger partial charge in [-0.15, -0.1) is 0 Å². The lowest BCUT2D eigenvalue weighted by Crippen LogP contribution is -2.49. The lowest BCUT2D eigenvalue weighted by Gasteiger charge is -2.30. The van der Waals surface area contributed by atoms with Crippen molar-refractivity contribution in [2.75, 3.05) is 11.6 Å². The van der Waals surface area contributed by atoms with E-state index >= 15 is 0 Å². The van der Waals surface area contributed by atoms with Gasteiger partial charge in [0, 0.05) is 13.0 Å². The first-order valence-corrected chi connectivity index (χ1v) is 5.52. The van der Waals surface area contributed by atoms with E-state index in [4.69, 9.17) is 10.6 Å². The lowest BCUT2D eigenvalue weighted by molar-refractivity contribution is -0.130. The molecule has 0 radical (unpaired) electrons. The predicted octanol–water partition coefficient (Wildman–Crippen LogP) is 1.24. The first-order chi connectivity index (χ1) is 7.74. The second kappa shape index (κ2) is 4.63. The molecule has 4 heteroatoms. The van der Waals surface area contributed by atoms with Crippen LogP contribution >= 0.6 is 0 Å². The van der Waals surface area contributed by atoms with Crippen LogP contribution < -0.4 is 10.9 Å². The number of benzene rings is 1. The van der Waals surface area contributed by atoms with Crippen molar-refractivity contribution in [3.05, 3.63) is 29.8 Å². The van der Waals surface area contributed by atoms with Crippen LogP contribution in [0.1, 0.15) is 18.9 Å². The molecule has 1 atom stereocenters. The number of rotatable bonds is 3. The maximum Gasteiger partial charge on any atom is 0.270 e. The van der Waals surface area contributed by atoms with Gasteiger partial charge >= 0.3 is 0 Å². The Morgan fingerprint density at radius 1 is 1.50 bits per heavy atom. The van der Waals surface area contributed by atoms with Gasteiger partial charge in [0.05, 0.1) is 5.69 Å². The highest BCUT2D eigenvalue weighted by atomic mass is 16.5. The molecule has 0 saturated carbocycles. The zero-order valence-electron chi connectivity index (χ0n) is 9.35. The maximum atomic E-state index is 11.9. The highest BCUT2D eigenvalue weighted by Crippen LogP contribution is 2.26. The van der Waals surface area contributed by atoms with Gasteiger partial charge in [0.25, 0.3) is 5.91 Å². The summed E-state index contributed by atoms with van der Waals surface area (Å²) in [7, 11) is 0. The Kier molecular flexibility index (Phi) is 3.22. The molecule has 0 aromatic heterocycles. The molecule has 2 rings (SSSR count). The number of nitrogens with zero attached hydrogens (tertiary/aromatic N) is 1. The molecule has 2 N–H and O–H groups in total. The minimum Gasteiger partial charge on any atom is -0.368 e. The van der Waals surface area contributed by atoms with Crippen molar-refractivity contribution < 1.29 is 9.53 Å². The van der Waals surface area contributed by atoms with Gasteiger partial charge < -0.3 is 4.74 Å². The van der Waals surface area contributed by atoms with Crippen molar-refractivity contribution in [1.29, 1.82) is 0 Å². The van der Waals surface area contributed by atoms with E-state index < -0.39 is 6.10 Å². The SMILES string of the molecule is CCCOC1Cc2ccccc2N(N)C1=O. The molecule has 16 heavy (non-hydrogen) atoms. The monoisotopic (exact) mass is 220 g/mol. The lowest BCUT2D eigenvalue weighted by atomic mass is 10.0. The molecule has 0 saturated heterocycles. The Hall–Kier alpha value is -1.39. The van der Waals surface area contributed by atoms with Crippen LogP contribution in [-0.4, -0.2) is 18.6 Å². The van der Waals surface area contributed by atoms with Crippen molar-refractivity contribution in [2.24, 2.45) is 5.84 Å². The molecule has 1 aliphatic rings. The van der Waals surface area contributed by atoms with E-state index in [9.17, 15) is 4.79 Å². The number of para-hydroxylation sites is 1. The van der Waals surface area contributed by atoms with Gasteiger partial charge in [-0.3, -0.25) is 4.79 Å². The third kappa shape index (κ3) is 1.94. The minimum absolute atomic E-state index is 0.160. The van der Waals surface area contributed by atoms with E-state index in [0.717, 1.165) is 17.7 Å². The third-order valence-electron chi connectivity index (χ3n) is 2.69. The van der Waals surface area contributed by atoms with E-state index in [1.165, 1.54) is 5.01 Å². The fraction of sp³-hybridized carbons (Fsp3) is 0.417. The van der Waals surface area contributed by atoms with Crippen LogP contribution in [0.4, 0.5) is 5.69 Å². The van der Waals surface area contributed by atoms with Crippen LogP contribution in [0.25, 0.3) is 0 Å². The van der Waals surface area contributed by atoms with Gasteiger partial charge in [-0.25, -0.2) is 10.9 Å². The first-order valence-electron chi connectivity index (χ1n) is 5.52. The third-order valence-corrected chi connectivity index (χ3v) is 2.69. The fourth-order valence-corrected chi connectivity index (χ4v) is 1.87. The Balaban J connectivity index is 2.21. The molecule has 0 aliphatic carbocycles. The smallest absolute Gasteiger partial charge is 0.270 e. The highest BCUT2D eigenvalue weighted by molar-refractivity contribution is 5.98. The first kappa shape index (κ1) is 11.1. The van der Waals surface area contributed by atoms with Crippen molar-refractivity contribution in [2.45, 2.75) is 25.9 Å². The number of hydrogen-bond acceptors (Lipinski definition) is 3. The Morgan fingerprint density at radius 3 is 3.00 bits per heavy atom. The van der Waals surface area contributed by atoms with Gasteiger partial charge in [-0.1, -0.05) is 25.1 Å². The number of ether oxygens (including phenoxy) is 1. The molecule has 1 aliphatic heterocycles. The summed E-state index contributed by atoms with van der Waals surface area (Å²) in [5.41, 5.74) is 1.84. The van der Waals surface area contributed by atoms with E-state index in [-0.39, 0.29) is 5.91 Å². The second-order valence-corrected chi connectivity index (χ2v) is 3.90. The van der Waals surface area contributed by atoms with Crippen LogP contribution in [0.3, 0.4) is 0 Å². The van der Waals surface area contributed by atoms with Gasteiger partial charge in [0.15, 0.2) is 0 Å². The van der Waals surface area contributed by atoms with Crippen LogP contribution in [0.15, 0.2) is 24.3 Å². The Labute approximate surface area is 95.0 Å². The zero-order chi connectivity index (χ0) is 11.5. The largest absolute Gasteiger partial charge is 0.368 e. The molecule has 4 nitrogen and oxygen atoms in total.